The van der Waals surface area contributed by atoms with Gasteiger partial charge in [0.05, 0.1) is 36.3 Å². The summed E-state index contributed by atoms with van der Waals surface area (Å²) in [5, 5.41) is 4.12. The Labute approximate surface area is 174 Å². The molecule has 1 aromatic carbocycles. The molecule has 0 saturated carbocycles. The molecule has 4 aromatic rings. The second-order valence-electron chi connectivity index (χ2n) is 7.55. The van der Waals surface area contributed by atoms with E-state index in [1.165, 1.54) is 0 Å². The Balaban J connectivity index is 1.43. The molecule has 0 N–H and O–H groups in total. The Hall–Kier alpha value is -3.16. The lowest BCUT2D eigenvalue weighted by atomic mass is 10.1. The topological polar surface area (TPSA) is 65.0 Å². The number of rotatable bonds is 5. The van der Waals surface area contributed by atoms with Crippen LogP contribution in [0, 0.1) is 6.92 Å². The molecule has 0 spiro atoms. The highest BCUT2D eigenvalue weighted by molar-refractivity contribution is 5.67. The van der Waals surface area contributed by atoms with Gasteiger partial charge in [-0.2, -0.15) is 0 Å². The molecular weight excluding hydrogens is 380 g/mol. The summed E-state index contributed by atoms with van der Waals surface area (Å²) >= 11 is 0. The van der Waals surface area contributed by atoms with Crippen LogP contribution in [0.3, 0.4) is 0 Å². The van der Waals surface area contributed by atoms with E-state index >= 15 is 0 Å². The molecule has 1 fully saturated rings. The van der Waals surface area contributed by atoms with E-state index in [0.29, 0.717) is 6.61 Å². The molecular formula is C23H24N4O3. The fourth-order valence-corrected chi connectivity index (χ4v) is 4.04. The van der Waals surface area contributed by atoms with Gasteiger partial charge in [-0.25, -0.2) is 4.98 Å². The molecule has 1 aliphatic rings. The number of ether oxygens (including phenoxy) is 2. The molecule has 5 rings (SSSR count). The van der Waals surface area contributed by atoms with Crippen molar-refractivity contribution in [2.45, 2.75) is 19.6 Å². The van der Waals surface area contributed by atoms with Gasteiger partial charge in [-0.1, -0.05) is 23.4 Å². The summed E-state index contributed by atoms with van der Waals surface area (Å²) in [6, 6.07) is 16.3. The fraction of sp³-hybridized carbons (Fsp3) is 0.304. The Morgan fingerprint density at radius 1 is 1.17 bits per heavy atom. The maximum Gasteiger partial charge on any atom is 0.133 e. The maximum absolute atomic E-state index is 6.10. The van der Waals surface area contributed by atoms with Crippen LogP contribution in [0.15, 0.2) is 59.4 Å². The van der Waals surface area contributed by atoms with Crippen molar-refractivity contribution >= 4 is 5.52 Å². The largest absolute Gasteiger partial charge is 0.497 e. The minimum Gasteiger partial charge on any atom is -0.497 e. The number of methoxy groups -OCH3 is 1. The quantitative estimate of drug-likeness (QED) is 0.503. The molecule has 0 radical (unpaired) electrons. The third kappa shape index (κ3) is 3.58. The van der Waals surface area contributed by atoms with Gasteiger partial charge in [0, 0.05) is 31.3 Å². The Morgan fingerprint density at radius 3 is 2.90 bits per heavy atom. The van der Waals surface area contributed by atoms with Crippen LogP contribution in [0.4, 0.5) is 0 Å². The molecule has 1 atom stereocenters. The molecule has 3 aromatic heterocycles. The first-order chi connectivity index (χ1) is 14.7. The number of benzene rings is 1. The van der Waals surface area contributed by atoms with Crippen molar-refractivity contribution in [2.24, 2.45) is 0 Å². The predicted molar refractivity (Wildman–Crippen MR) is 112 cm³/mol. The summed E-state index contributed by atoms with van der Waals surface area (Å²) in [6.45, 7) is 4.95. The summed E-state index contributed by atoms with van der Waals surface area (Å²) < 4.78 is 18.8. The first-order valence-electron chi connectivity index (χ1n) is 10.1. The molecule has 7 nitrogen and oxygen atoms in total. The lowest BCUT2D eigenvalue weighted by molar-refractivity contribution is -0.0346. The fourth-order valence-electron chi connectivity index (χ4n) is 4.04. The van der Waals surface area contributed by atoms with Crippen molar-refractivity contribution in [3.8, 4) is 17.0 Å². The summed E-state index contributed by atoms with van der Waals surface area (Å²) in [6.07, 6.45) is 1.79. The molecule has 4 heterocycles. The van der Waals surface area contributed by atoms with Crippen LogP contribution in [0.2, 0.25) is 0 Å². The normalized spacial score (nSPS) is 17.5. The van der Waals surface area contributed by atoms with Gasteiger partial charge in [0.2, 0.25) is 0 Å². The average Bonchev–Trinajstić information content (AvgIpc) is 3.40. The highest BCUT2D eigenvalue weighted by Crippen LogP contribution is 2.30. The number of nitrogens with zero attached hydrogens (tertiary/aromatic N) is 4. The zero-order chi connectivity index (χ0) is 20.5. The van der Waals surface area contributed by atoms with Gasteiger partial charge in [0.1, 0.15) is 23.9 Å². The van der Waals surface area contributed by atoms with Gasteiger partial charge in [0.25, 0.3) is 0 Å². The zero-order valence-corrected chi connectivity index (χ0v) is 17.1. The van der Waals surface area contributed by atoms with E-state index in [0.717, 1.165) is 59.3 Å². The predicted octanol–water partition coefficient (Wildman–Crippen LogP) is 3.88. The molecule has 0 bridgehead atoms. The van der Waals surface area contributed by atoms with Gasteiger partial charge in [-0.15, -0.1) is 0 Å². The van der Waals surface area contributed by atoms with Crippen LogP contribution in [0.1, 0.15) is 23.3 Å². The van der Waals surface area contributed by atoms with E-state index in [4.69, 9.17) is 19.0 Å². The van der Waals surface area contributed by atoms with E-state index in [2.05, 4.69) is 38.7 Å². The number of imidazole rings is 1. The van der Waals surface area contributed by atoms with E-state index in [1.807, 2.05) is 37.5 Å². The Kier molecular flexibility index (Phi) is 4.98. The number of hydrogen-bond donors (Lipinski definition) is 0. The van der Waals surface area contributed by atoms with Crippen LogP contribution >= 0.6 is 0 Å². The lowest BCUT2D eigenvalue weighted by Gasteiger charge is -2.31. The van der Waals surface area contributed by atoms with Crippen LogP contribution < -0.4 is 4.74 Å². The van der Waals surface area contributed by atoms with Gasteiger partial charge in [0.15, 0.2) is 0 Å². The number of morpholine rings is 1. The van der Waals surface area contributed by atoms with Crippen molar-refractivity contribution < 1.29 is 14.0 Å². The van der Waals surface area contributed by atoms with Crippen molar-refractivity contribution in [1.82, 2.24) is 19.4 Å². The summed E-state index contributed by atoms with van der Waals surface area (Å²) in [5.74, 6) is 1.67. The minimum atomic E-state index is -0.0858. The first-order valence-corrected chi connectivity index (χ1v) is 10.1. The zero-order valence-electron chi connectivity index (χ0n) is 17.1. The van der Waals surface area contributed by atoms with Crippen molar-refractivity contribution in [3.05, 3.63) is 72.0 Å². The number of aromatic nitrogens is 3. The average molecular weight is 404 g/mol. The van der Waals surface area contributed by atoms with E-state index in [9.17, 15) is 0 Å². The molecule has 1 aliphatic heterocycles. The number of hydrogen-bond acceptors (Lipinski definition) is 6. The molecule has 0 aliphatic carbocycles. The maximum atomic E-state index is 6.10. The number of fused-ring (bicyclic) bond motifs is 1. The Bertz CT molecular complexity index is 1170. The van der Waals surface area contributed by atoms with E-state index in [1.54, 1.807) is 7.11 Å². The van der Waals surface area contributed by atoms with Crippen molar-refractivity contribution in [2.75, 3.05) is 26.8 Å². The SMILES string of the molecule is COc1cccc(-c2cccc3c([C@@H]4CN(Cc5cc(C)on5)CCO4)ncn23)c1. The molecule has 7 heteroatoms. The highest BCUT2D eigenvalue weighted by atomic mass is 16.5. The molecule has 1 saturated heterocycles. The van der Waals surface area contributed by atoms with Gasteiger partial charge in [-0.3, -0.25) is 9.30 Å². The van der Waals surface area contributed by atoms with E-state index < -0.39 is 0 Å². The molecule has 0 unspecified atom stereocenters. The van der Waals surface area contributed by atoms with Crippen LogP contribution in [0.5, 0.6) is 5.75 Å². The van der Waals surface area contributed by atoms with Crippen LogP contribution in [-0.4, -0.2) is 46.2 Å². The Morgan fingerprint density at radius 2 is 2.07 bits per heavy atom. The van der Waals surface area contributed by atoms with Gasteiger partial charge < -0.3 is 14.0 Å². The molecule has 0 amide bonds. The second kappa shape index (κ2) is 7.93. The number of aryl methyl sites for hydroxylation is 1. The minimum absolute atomic E-state index is 0.0858. The first kappa shape index (κ1) is 18.8. The van der Waals surface area contributed by atoms with Crippen LogP contribution in [-0.2, 0) is 11.3 Å². The highest BCUT2D eigenvalue weighted by Gasteiger charge is 2.26. The monoisotopic (exact) mass is 404 g/mol. The summed E-state index contributed by atoms with van der Waals surface area (Å²) in [7, 11) is 1.68. The van der Waals surface area contributed by atoms with Gasteiger partial charge in [-0.05, 0) is 31.2 Å². The summed E-state index contributed by atoms with van der Waals surface area (Å²) in [4.78, 5) is 7.08. The standard InChI is InChI=1S/C23H24N4O3/c1-16-11-18(25-30-16)13-26-9-10-29-22(14-26)23-21-8-4-7-20(27(21)15-24-23)17-5-3-6-19(12-17)28-2/h3-8,11-12,15,22H,9-10,13-14H2,1-2H3/t22-/m0/s1. The molecule has 30 heavy (non-hydrogen) atoms. The van der Waals surface area contributed by atoms with Gasteiger partial charge >= 0.3 is 0 Å². The second-order valence-corrected chi connectivity index (χ2v) is 7.55. The third-order valence-electron chi connectivity index (χ3n) is 5.49. The smallest absolute Gasteiger partial charge is 0.133 e. The summed E-state index contributed by atoms with van der Waals surface area (Å²) in [5.41, 5.74) is 5.11. The molecule has 154 valence electrons. The van der Waals surface area contributed by atoms with E-state index in [-0.39, 0.29) is 6.10 Å². The van der Waals surface area contributed by atoms with Crippen LogP contribution in [0.25, 0.3) is 16.8 Å². The lowest BCUT2D eigenvalue weighted by Crippen LogP contribution is -2.38. The third-order valence-corrected chi connectivity index (χ3v) is 5.49. The van der Waals surface area contributed by atoms with Crippen molar-refractivity contribution in [1.29, 1.82) is 0 Å². The number of pyridine rings is 1. The van der Waals surface area contributed by atoms with Crippen molar-refractivity contribution in [3.63, 3.8) is 0 Å².